The van der Waals surface area contributed by atoms with Crippen LogP contribution in [0.4, 0.5) is 0 Å². The van der Waals surface area contributed by atoms with E-state index in [0.717, 1.165) is 32.1 Å². The number of aliphatic hydroxyl groups excluding tert-OH is 2. The molecule has 3 N–H and O–H groups in total. The number of carbonyl (C=O) groups excluding carboxylic acids is 1. The smallest absolute Gasteiger partial charge is 0.220 e. The van der Waals surface area contributed by atoms with Crippen molar-refractivity contribution in [2.45, 2.75) is 231 Å². The minimum atomic E-state index is -0.658. The average Bonchev–Trinajstić information content (AvgIpc) is 3.06. The molecule has 0 aliphatic carbocycles. The highest BCUT2D eigenvalue weighted by atomic mass is 16.3. The molecule has 0 spiro atoms. The summed E-state index contributed by atoms with van der Waals surface area (Å²) in [4.78, 5) is 12.4. The van der Waals surface area contributed by atoms with Crippen LogP contribution >= 0.6 is 0 Å². The summed E-state index contributed by atoms with van der Waals surface area (Å²) in [5.74, 6) is -0.0355. The van der Waals surface area contributed by atoms with E-state index in [1.807, 2.05) is 0 Å². The molecule has 2 unspecified atom stereocenters. The number of allylic oxidation sites excluding steroid dienone is 4. The number of unbranched alkanes of at least 4 members (excludes halogenated alkanes) is 26. The highest BCUT2D eigenvalue weighted by Crippen LogP contribution is 2.15. The molecule has 0 aliphatic heterocycles. The Morgan fingerprint density at radius 3 is 1.35 bits per heavy atom. The lowest BCUT2D eigenvalue weighted by atomic mass is 10.0. The lowest BCUT2D eigenvalue weighted by Crippen LogP contribution is -2.45. The molecule has 0 bridgehead atoms. The van der Waals surface area contributed by atoms with E-state index in [1.165, 1.54) is 161 Å². The fourth-order valence-electron chi connectivity index (χ4n) is 6.27. The van der Waals surface area contributed by atoms with Crippen LogP contribution < -0.4 is 5.32 Å². The van der Waals surface area contributed by atoms with Gasteiger partial charge < -0.3 is 15.5 Å². The second-order valence-corrected chi connectivity index (χ2v) is 14.1. The Labute approximate surface area is 288 Å². The van der Waals surface area contributed by atoms with Gasteiger partial charge >= 0.3 is 0 Å². The van der Waals surface area contributed by atoms with Gasteiger partial charge in [0.1, 0.15) is 0 Å². The predicted octanol–water partition coefficient (Wildman–Crippen LogP) is 12.5. The first kappa shape index (κ1) is 44.9. The van der Waals surface area contributed by atoms with Crippen LogP contribution in [-0.2, 0) is 4.79 Å². The number of hydrogen-bond donors (Lipinski definition) is 3. The molecule has 0 aliphatic rings. The molecule has 0 fully saturated rings. The summed E-state index contributed by atoms with van der Waals surface area (Å²) in [6.07, 6.45) is 48.1. The number of hydrogen-bond acceptors (Lipinski definition) is 3. The summed E-state index contributed by atoms with van der Waals surface area (Å²) in [7, 11) is 0. The molecule has 0 aromatic heterocycles. The fourth-order valence-corrected chi connectivity index (χ4v) is 6.27. The SMILES string of the molecule is CCCCC/C=C\C/C=C\CCCCCCCCCCCC(=O)NC(CO)C(O)CCCCCCCCCCCCCCCCC. The highest BCUT2D eigenvalue weighted by molar-refractivity contribution is 5.76. The second-order valence-electron chi connectivity index (χ2n) is 14.1. The average molecular weight is 648 g/mol. The first-order chi connectivity index (χ1) is 22.7. The van der Waals surface area contributed by atoms with Gasteiger partial charge in [-0.2, -0.15) is 0 Å². The Bertz CT molecular complexity index is 661. The van der Waals surface area contributed by atoms with Crippen LogP contribution in [0.25, 0.3) is 0 Å². The normalized spacial score (nSPS) is 13.2. The summed E-state index contributed by atoms with van der Waals surface area (Å²) >= 11 is 0. The van der Waals surface area contributed by atoms with Gasteiger partial charge in [-0.3, -0.25) is 4.79 Å². The first-order valence-corrected chi connectivity index (χ1v) is 20.5. The third-order valence-corrected chi connectivity index (χ3v) is 9.47. The number of aliphatic hydroxyl groups is 2. The molecule has 2 atom stereocenters. The molecule has 0 saturated heterocycles. The summed E-state index contributed by atoms with van der Waals surface area (Å²) in [5, 5.41) is 23.1. The lowest BCUT2D eigenvalue weighted by Gasteiger charge is -2.22. The molecule has 0 radical (unpaired) electrons. The Balaban J connectivity index is 3.53. The van der Waals surface area contributed by atoms with Crippen molar-refractivity contribution in [1.29, 1.82) is 0 Å². The third-order valence-electron chi connectivity index (χ3n) is 9.47. The highest BCUT2D eigenvalue weighted by Gasteiger charge is 2.19. The van der Waals surface area contributed by atoms with Gasteiger partial charge in [-0.15, -0.1) is 0 Å². The molecule has 4 heteroatoms. The van der Waals surface area contributed by atoms with Crippen molar-refractivity contribution in [2.24, 2.45) is 0 Å². The van der Waals surface area contributed by atoms with Crippen molar-refractivity contribution < 1.29 is 15.0 Å². The van der Waals surface area contributed by atoms with Crippen LogP contribution in [-0.4, -0.2) is 34.9 Å². The Hall–Kier alpha value is -1.13. The van der Waals surface area contributed by atoms with E-state index < -0.39 is 12.1 Å². The van der Waals surface area contributed by atoms with Gasteiger partial charge in [0, 0.05) is 6.42 Å². The van der Waals surface area contributed by atoms with Crippen LogP contribution in [0.1, 0.15) is 219 Å². The van der Waals surface area contributed by atoms with Crippen molar-refractivity contribution in [3.63, 3.8) is 0 Å². The van der Waals surface area contributed by atoms with Crippen molar-refractivity contribution in [2.75, 3.05) is 6.61 Å². The van der Waals surface area contributed by atoms with E-state index in [0.29, 0.717) is 12.8 Å². The maximum Gasteiger partial charge on any atom is 0.220 e. The molecular formula is C42H81NO3. The Morgan fingerprint density at radius 1 is 0.522 bits per heavy atom. The van der Waals surface area contributed by atoms with E-state index in [9.17, 15) is 15.0 Å². The minimum Gasteiger partial charge on any atom is -0.394 e. The Morgan fingerprint density at radius 2 is 0.891 bits per heavy atom. The predicted molar refractivity (Wildman–Crippen MR) is 202 cm³/mol. The molecule has 0 heterocycles. The van der Waals surface area contributed by atoms with Gasteiger partial charge in [-0.1, -0.05) is 192 Å². The summed E-state index contributed by atoms with van der Waals surface area (Å²) in [6, 6.07) is -0.535. The minimum absolute atomic E-state index is 0.0355. The number of rotatable bonds is 37. The summed E-state index contributed by atoms with van der Waals surface area (Å²) in [6.45, 7) is 4.33. The molecule has 1 amide bonds. The molecule has 0 aromatic rings. The largest absolute Gasteiger partial charge is 0.394 e. The van der Waals surface area contributed by atoms with Crippen LogP contribution in [0, 0.1) is 0 Å². The molecule has 0 rings (SSSR count). The zero-order chi connectivity index (χ0) is 33.6. The van der Waals surface area contributed by atoms with Crippen LogP contribution in [0.2, 0.25) is 0 Å². The molecule has 4 nitrogen and oxygen atoms in total. The molecule has 46 heavy (non-hydrogen) atoms. The summed E-state index contributed by atoms with van der Waals surface area (Å²) < 4.78 is 0. The van der Waals surface area contributed by atoms with Crippen LogP contribution in [0.3, 0.4) is 0 Å². The lowest BCUT2D eigenvalue weighted by molar-refractivity contribution is -0.123. The standard InChI is InChI=1S/C42H81NO3/c1-3-5-7-9-11-13-15-17-19-20-21-22-24-26-28-30-32-34-36-38-42(46)43-40(39-44)41(45)37-35-33-31-29-27-25-23-18-16-14-12-10-8-6-4-2/h11,13,17,19,40-41,44-45H,3-10,12,14-16,18,20-39H2,1-2H3,(H,43,46)/b13-11-,19-17-. The number of nitrogens with one attached hydrogen (secondary N) is 1. The molecule has 272 valence electrons. The van der Waals surface area contributed by atoms with E-state index in [2.05, 4.69) is 43.5 Å². The third kappa shape index (κ3) is 34.2. The van der Waals surface area contributed by atoms with Crippen molar-refractivity contribution in [3.8, 4) is 0 Å². The van der Waals surface area contributed by atoms with E-state index in [-0.39, 0.29) is 12.5 Å². The van der Waals surface area contributed by atoms with E-state index in [1.54, 1.807) is 0 Å². The number of carbonyl (C=O) groups is 1. The van der Waals surface area contributed by atoms with E-state index >= 15 is 0 Å². The molecule has 0 saturated carbocycles. The van der Waals surface area contributed by atoms with E-state index in [4.69, 9.17) is 0 Å². The summed E-state index contributed by atoms with van der Waals surface area (Å²) in [5.41, 5.74) is 0. The zero-order valence-electron chi connectivity index (χ0n) is 31.1. The maximum absolute atomic E-state index is 12.4. The van der Waals surface area contributed by atoms with Gasteiger partial charge in [0.25, 0.3) is 0 Å². The first-order valence-electron chi connectivity index (χ1n) is 20.5. The van der Waals surface area contributed by atoms with Crippen molar-refractivity contribution >= 4 is 5.91 Å². The zero-order valence-corrected chi connectivity index (χ0v) is 31.1. The van der Waals surface area contributed by atoms with Gasteiger partial charge in [-0.25, -0.2) is 0 Å². The maximum atomic E-state index is 12.4. The topological polar surface area (TPSA) is 69.6 Å². The van der Waals surface area contributed by atoms with Crippen LogP contribution in [0.15, 0.2) is 24.3 Å². The quantitative estimate of drug-likeness (QED) is 0.0464. The Kier molecular flexibility index (Phi) is 37.4. The fraction of sp³-hybridized carbons (Fsp3) is 0.881. The van der Waals surface area contributed by atoms with Gasteiger partial charge in [0.15, 0.2) is 0 Å². The van der Waals surface area contributed by atoms with Crippen molar-refractivity contribution in [1.82, 2.24) is 5.32 Å². The van der Waals surface area contributed by atoms with Gasteiger partial charge in [0.05, 0.1) is 18.8 Å². The van der Waals surface area contributed by atoms with Crippen molar-refractivity contribution in [3.05, 3.63) is 24.3 Å². The van der Waals surface area contributed by atoms with Gasteiger partial charge in [0.2, 0.25) is 5.91 Å². The monoisotopic (exact) mass is 648 g/mol. The number of amides is 1. The van der Waals surface area contributed by atoms with Crippen LogP contribution in [0.5, 0.6) is 0 Å². The molecule has 0 aromatic carbocycles. The molecular weight excluding hydrogens is 566 g/mol. The van der Waals surface area contributed by atoms with Gasteiger partial charge in [-0.05, 0) is 44.9 Å². The second kappa shape index (κ2) is 38.3.